The van der Waals surface area contributed by atoms with Gasteiger partial charge >= 0.3 is 66.4 Å². The van der Waals surface area contributed by atoms with E-state index in [2.05, 4.69) is 11.1 Å². The molecule has 0 heterocycles. The second-order valence-corrected chi connectivity index (χ2v) is 1.56. The molecule has 0 spiro atoms. The van der Waals surface area contributed by atoms with Crippen molar-refractivity contribution in [1.29, 1.82) is 0 Å². The minimum Gasteiger partial charge on any atom is -1.00 e. The number of hydrogen-bond acceptors (Lipinski definition) is 2. The van der Waals surface area contributed by atoms with Crippen LogP contribution < -0.4 is 58.2 Å². The number of rotatable bonds is 3. The molecule has 0 radical (unpaired) electrons. The van der Waals surface area contributed by atoms with Gasteiger partial charge in [-0.15, -0.1) is 16.0 Å². The Hall–Kier alpha value is 1.57. The summed E-state index contributed by atoms with van der Waals surface area (Å²) in [7, 11) is -2.43. The van der Waals surface area contributed by atoms with E-state index in [4.69, 9.17) is 4.89 Å². The standard InChI is InChI=1S/C3H5O3P.Rb.H/c1-2-3-6-7(4)5;;/h2H,1,3H2;;/q;+1;-1/p+1. The zero-order chi connectivity index (χ0) is 5.70. The minimum absolute atomic E-state index is 0. The zero-order valence-electron chi connectivity index (χ0n) is 5.70. The van der Waals surface area contributed by atoms with Crippen LogP contribution >= 0.6 is 8.25 Å². The first-order valence-electron chi connectivity index (χ1n) is 1.67. The molecule has 0 saturated carbocycles. The molecule has 8 heavy (non-hydrogen) atoms. The molecule has 1 atom stereocenters. The summed E-state index contributed by atoms with van der Waals surface area (Å²) in [6.07, 6.45) is 1.41. The van der Waals surface area contributed by atoms with Gasteiger partial charge in [0.05, 0.1) is 0 Å². The first kappa shape index (κ1) is 12.3. The summed E-state index contributed by atoms with van der Waals surface area (Å²) in [4.78, 5) is 7.92. The predicted molar refractivity (Wildman–Crippen MR) is 27.1 cm³/mol. The van der Waals surface area contributed by atoms with Gasteiger partial charge in [0.15, 0.2) is 0 Å². The van der Waals surface area contributed by atoms with Gasteiger partial charge in [-0.1, -0.05) is 6.08 Å². The van der Waals surface area contributed by atoms with E-state index >= 15 is 0 Å². The molecule has 3 nitrogen and oxygen atoms in total. The molecule has 0 saturated heterocycles. The minimum atomic E-state index is -2.43. The van der Waals surface area contributed by atoms with Crippen molar-refractivity contribution in [1.82, 2.24) is 0 Å². The van der Waals surface area contributed by atoms with Crippen LogP contribution in [0.3, 0.4) is 0 Å². The maximum absolute atomic E-state index is 9.64. The van der Waals surface area contributed by atoms with Crippen molar-refractivity contribution in [2.24, 2.45) is 0 Å². The Morgan fingerprint density at radius 2 is 2.50 bits per heavy atom. The van der Waals surface area contributed by atoms with E-state index in [0.717, 1.165) is 0 Å². The molecule has 1 unspecified atom stereocenters. The molecule has 0 aliphatic carbocycles. The topological polar surface area (TPSA) is 46.5 Å². The van der Waals surface area contributed by atoms with Crippen molar-refractivity contribution in [2.45, 2.75) is 0 Å². The molecule has 5 heteroatoms. The molecular formula is C3H7O3PRb+. The van der Waals surface area contributed by atoms with E-state index < -0.39 is 8.25 Å². The van der Waals surface area contributed by atoms with Crippen molar-refractivity contribution in [2.75, 3.05) is 6.61 Å². The Bertz CT molecular complexity index is 89.1. The third-order valence-corrected chi connectivity index (χ3v) is 0.673. The van der Waals surface area contributed by atoms with E-state index in [9.17, 15) is 4.57 Å². The third-order valence-electron chi connectivity index (χ3n) is 0.303. The summed E-state index contributed by atoms with van der Waals surface area (Å²) in [5, 5.41) is 0. The van der Waals surface area contributed by atoms with Crippen molar-refractivity contribution in [3.63, 3.8) is 0 Å². The summed E-state index contributed by atoms with van der Waals surface area (Å²) < 4.78 is 13.8. The summed E-state index contributed by atoms with van der Waals surface area (Å²) in [5.74, 6) is 0. The molecule has 0 aromatic carbocycles. The smallest absolute Gasteiger partial charge is 1.00 e. The molecular weight excluding hydrogens is 200 g/mol. The van der Waals surface area contributed by atoms with Gasteiger partial charge in [0, 0.05) is 4.57 Å². The Labute approximate surface area is 99.3 Å². The van der Waals surface area contributed by atoms with Gasteiger partial charge in [-0.3, -0.25) is 0 Å². The molecule has 1 N–H and O–H groups in total. The largest absolute Gasteiger partial charge is 1.00 e. The van der Waals surface area contributed by atoms with Gasteiger partial charge in [0.1, 0.15) is 6.61 Å². The van der Waals surface area contributed by atoms with Gasteiger partial charge in [0.2, 0.25) is 0 Å². The molecule has 0 rings (SSSR count). The molecule has 0 aliphatic heterocycles. The average molecular weight is 208 g/mol. The fraction of sp³-hybridized carbons (Fsp3) is 0.333. The van der Waals surface area contributed by atoms with Crippen LogP contribution in [0.5, 0.6) is 0 Å². The van der Waals surface area contributed by atoms with E-state index in [0.29, 0.717) is 0 Å². The third kappa shape index (κ3) is 10.5. The Morgan fingerprint density at radius 3 is 2.62 bits per heavy atom. The van der Waals surface area contributed by atoms with Gasteiger partial charge in [-0.25, -0.2) is 0 Å². The first-order chi connectivity index (χ1) is 3.27. The molecule has 42 valence electrons. The molecule has 0 bridgehead atoms. The average Bonchev–Trinajstić information content (AvgIpc) is 1.61. The summed E-state index contributed by atoms with van der Waals surface area (Å²) in [5.41, 5.74) is 0. The Balaban J connectivity index is -0.000000180. The van der Waals surface area contributed by atoms with Crippen molar-refractivity contribution in [3.05, 3.63) is 12.7 Å². The first-order valence-corrected chi connectivity index (χ1v) is 2.80. The van der Waals surface area contributed by atoms with E-state index in [-0.39, 0.29) is 66.2 Å². The van der Waals surface area contributed by atoms with Crippen LogP contribution in [0.25, 0.3) is 0 Å². The number of hydrogen-bond donors (Lipinski definition) is 1. The van der Waals surface area contributed by atoms with E-state index in [1.54, 1.807) is 0 Å². The maximum Gasteiger partial charge on any atom is 1.00 e. The second-order valence-electron chi connectivity index (χ2n) is 0.822. The molecule has 0 amide bonds. The van der Waals surface area contributed by atoms with Crippen LogP contribution in [-0.4, -0.2) is 11.5 Å². The van der Waals surface area contributed by atoms with Crippen molar-refractivity contribution in [3.8, 4) is 0 Å². The molecule has 0 fully saturated rings. The molecule has 0 aromatic heterocycles. The quantitative estimate of drug-likeness (QED) is 0.428. The second kappa shape index (κ2) is 8.57. The Morgan fingerprint density at radius 1 is 2.00 bits per heavy atom. The van der Waals surface area contributed by atoms with E-state index in [1.165, 1.54) is 6.08 Å². The maximum atomic E-state index is 9.64. The van der Waals surface area contributed by atoms with Crippen LogP contribution in [0.1, 0.15) is 1.43 Å². The molecule has 0 aromatic rings. The van der Waals surface area contributed by atoms with Crippen molar-refractivity contribution >= 4 is 8.25 Å². The monoisotopic (exact) mass is 207 g/mol. The predicted octanol–water partition coefficient (Wildman–Crippen LogP) is -2.04. The van der Waals surface area contributed by atoms with Crippen LogP contribution in [0.2, 0.25) is 0 Å². The van der Waals surface area contributed by atoms with Crippen LogP contribution in [0, 0.1) is 0 Å². The zero-order valence-corrected chi connectivity index (χ0v) is 10.5. The van der Waals surface area contributed by atoms with Gasteiger partial charge < -0.3 is 1.43 Å². The van der Waals surface area contributed by atoms with Gasteiger partial charge in [-0.2, -0.15) is 0 Å². The van der Waals surface area contributed by atoms with Crippen LogP contribution in [-0.2, 0) is 9.09 Å². The summed E-state index contributed by atoms with van der Waals surface area (Å²) >= 11 is 0. The van der Waals surface area contributed by atoms with Crippen molar-refractivity contribution < 1.29 is 73.6 Å². The summed E-state index contributed by atoms with van der Waals surface area (Å²) in [6.45, 7) is 3.40. The fourth-order valence-electron chi connectivity index (χ4n) is 0.116. The SMILES string of the molecule is C=CCO[P+](=O)O.[H-].[Rb+]. The van der Waals surface area contributed by atoms with Crippen LogP contribution in [0.4, 0.5) is 0 Å². The van der Waals surface area contributed by atoms with Gasteiger partial charge in [0.25, 0.3) is 0 Å². The van der Waals surface area contributed by atoms with E-state index in [1.807, 2.05) is 0 Å². The van der Waals surface area contributed by atoms with Gasteiger partial charge in [-0.05, 0) is 0 Å². The Kier molecular flexibility index (Phi) is 13.1. The van der Waals surface area contributed by atoms with Crippen LogP contribution in [0.15, 0.2) is 12.7 Å². The fourth-order valence-corrected chi connectivity index (χ4v) is 0.349. The summed E-state index contributed by atoms with van der Waals surface area (Å²) in [6, 6.07) is 0. The normalized spacial score (nSPS) is 9.38. The molecule has 0 aliphatic rings.